The van der Waals surface area contributed by atoms with Crippen LogP contribution in [0.25, 0.3) is 16.7 Å². The van der Waals surface area contributed by atoms with E-state index in [0.29, 0.717) is 11.8 Å². The Bertz CT molecular complexity index is 955. The average molecular weight is 312 g/mol. The molecule has 0 saturated heterocycles. The molecule has 7 nitrogen and oxygen atoms in total. The first-order valence-electron chi connectivity index (χ1n) is 6.89. The predicted octanol–water partition coefficient (Wildman–Crippen LogP) is 1.97. The summed E-state index contributed by atoms with van der Waals surface area (Å²) >= 11 is 0. The van der Waals surface area contributed by atoms with Crippen molar-refractivity contribution in [3.05, 3.63) is 58.1 Å². The highest BCUT2D eigenvalue weighted by Gasteiger charge is 2.19. The Morgan fingerprint density at radius 2 is 2.17 bits per heavy atom. The summed E-state index contributed by atoms with van der Waals surface area (Å²) in [6, 6.07) is 8.84. The summed E-state index contributed by atoms with van der Waals surface area (Å²) in [6.45, 7) is 1.77. The molecule has 0 bridgehead atoms. The molecular weight excluding hydrogens is 300 g/mol. The first kappa shape index (κ1) is 14.7. The van der Waals surface area contributed by atoms with E-state index in [1.165, 1.54) is 6.20 Å². The lowest BCUT2D eigenvalue weighted by atomic mass is 10.1. The van der Waals surface area contributed by atoms with Crippen LogP contribution in [0.1, 0.15) is 27.6 Å². The Kier molecular flexibility index (Phi) is 3.76. The quantitative estimate of drug-likeness (QED) is 0.540. The van der Waals surface area contributed by atoms with Crippen LogP contribution < -0.4 is 5.63 Å². The minimum atomic E-state index is -0.852. The fourth-order valence-electron chi connectivity index (χ4n) is 2.17. The van der Waals surface area contributed by atoms with Crippen LogP contribution >= 0.6 is 0 Å². The topological polar surface area (TPSA) is 91.4 Å². The fraction of sp³-hybridized carbons (Fsp3) is 0.125. The van der Waals surface area contributed by atoms with Crippen LogP contribution in [-0.4, -0.2) is 28.6 Å². The number of aromatic nitrogens is 2. The van der Waals surface area contributed by atoms with Crippen molar-refractivity contribution in [1.82, 2.24) is 9.72 Å². The highest BCUT2D eigenvalue weighted by molar-refractivity contribution is 5.90. The smallest absolute Gasteiger partial charge is 0.372 e. The molecule has 0 aliphatic heterocycles. The van der Waals surface area contributed by atoms with Gasteiger partial charge in [0.05, 0.1) is 23.9 Å². The van der Waals surface area contributed by atoms with Crippen LogP contribution in [0, 0.1) is 0 Å². The van der Waals surface area contributed by atoms with Gasteiger partial charge in [-0.2, -0.15) is 4.74 Å². The predicted molar refractivity (Wildman–Crippen MR) is 81.0 cm³/mol. The molecule has 0 aliphatic rings. The largest absolute Gasteiger partial charge is 0.462 e. The number of fused-ring (bicyclic) bond motifs is 1. The van der Waals surface area contributed by atoms with Crippen molar-refractivity contribution in [2.45, 2.75) is 6.92 Å². The number of hydrogen-bond donors (Lipinski definition) is 0. The van der Waals surface area contributed by atoms with Gasteiger partial charge in [-0.05, 0) is 19.1 Å². The van der Waals surface area contributed by atoms with Gasteiger partial charge in [-0.1, -0.05) is 18.2 Å². The standard InChI is InChI=1S/C16H12N2O5/c1-2-22-15(20)12-8-18(23-16(12)21)14-11(9-19)7-10-5-3-4-6-13(10)17-14/h3-9H,2H2,1H3. The Morgan fingerprint density at radius 3 is 2.91 bits per heavy atom. The molecule has 3 aromatic rings. The van der Waals surface area contributed by atoms with Gasteiger partial charge < -0.3 is 9.26 Å². The normalized spacial score (nSPS) is 10.7. The number of nitrogens with zero attached hydrogens (tertiary/aromatic N) is 2. The second-order valence-corrected chi connectivity index (χ2v) is 4.68. The maximum atomic E-state index is 11.8. The van der Waals surface area contributed by atoms with Crippen LogP contribution in [0.4, 0.5) is 0 Å². The van der Waals surface area contributed by atoms with Crippen molar-refractivity contribution in [3.63, 3.8) is 0 Å². The zero-order chi connectivity index (χ0) is 16.4. The molecule has 116 valence electrons. The zero-order valence-corrected chi connectivity index (χ0v) is 12.2. The van der Waals surface area contributed by atoms with Crippen LogP contribution in [0.3, 0.4) is 0 Å². The summed E-state index contributed by atoms with van der Waals surface area (Å²) < 4.78 is 10.8. The number of aldehydes is 1. The van der Waals surface area contributed by atoms with Crippen molar-refractivity contribution in [3.8, 4) is 5.82 Å². The number of ether oxygens (including phenoxy) is 1. The van der Waals surface area contributed by atoms with Crippen molar-refractivity contribution >= 4 is 23.2 Å². The number of carbonyl (C=O) groups is 2. The molecule has 0 radical (unpaired) electrons. The summed E-state index contributed by atoms with van der Waals surface area (Å²) in [4.78, 5) is 39.1. The van der Waals surface area contributed by atoms with E-state index in [-0.39, 0.29) is 23.6 Å². The minimum absolute atomic E-state index is 0.131. The lowest BCUT2D eigenvalue weighted by Crippen LogP contribution is -2.12. The number of para-hydroxylation sites is 1. The third kappa shape index (κ3) is 2.64. The Morgan fingerprint density at radius 1 is 1.39 bits per heavy atom. The molecule has 0 saturated carbocycles. The second-order valence-electron chi connectivity index (χ2n) is 4.68. The fourth-order valence-corrected chi connectivity index (χ4v) is 2.17. The van der Waals surface area contributed by atoms with Gasteiger partial charge in [-0.15, -0.1) is 0 Å². The van der Waals surface area contributed by atoms with Gasteiger partial charge in [0.25, 0.3) is 0 Å². The zero-order valence-electron chi connectivity index (χ0n) is 12.2. The number of rotatable bonds is 4. The molecule has 0 atom stereocenters. The molecule has 3 rings (SSSR count). The van der Waals surface area contributed by atoms with Crippen molar-refractivity contribution < 1.29 is 18.8 Å². The van der Waals surface area contributed by atoms with E-state index in [9.17, 15) is 14.4 Å². The Hall–Kier alpha value is -3.22. The van der Waals surface area contributed by atoms with Crippen LogP contribution in [-0.2, 0) is 4.74 Å². The lowest BCUT2D eigenvalue weighted by Gasteiger charge is -2.05. The summed E-state index contributed by atoms with van der Waals surface area (Å²) in [5.74, 6) is -0.653. The van der Waals surface area contributed by atoms with E-state index in [4.69, 9.17) is 9.26 Å². The molecule has 0 unspecified atom stereocenters. The van der Waals surface area contributed by atoms with Crippen LogP contribution in [0.5, 0.6) is 0 Å². The van der Waals surface area contributed by atoms with Gasteiger partial charge in [-0.25, -0.2) is 14.6 Å². The van der Waals surface area contributed by atoms with Gasteiger partial charge in [0.15, 0.2) is 17.7 Å². The first-order valence-corrected chi connectivity index (χ1v) is 6.89. The molecule has 2 heterocycles. The van der Waals surface area contributed by atoms with Gasteiger partial charge in [-0.3, -0.25) is 4.79 Å². The maximum absolute atomic E-state index is 11.8. The SMILES string of the molecule is CCOC(=O)c1cn(-c2nc3ccccc3cc2C=O)oc1=O. The van der Waals surface area contributed by atoms with Crippen molar-refractivity contribution in [1.29, 1.82) is 0 Å². The highest BCUT2D eigenvalue weighted by Crippen LogP contribution is 2.18. The molecule has 0 fully saturated rings. The molecule has 1 aromatic carbocycles. The molecule has 23 heavy (non-hydrogen) atoms. The molecule has 0 amide bonds. The third-order valence-corrected chi connectivity index (χ3v) is 3.21. The molecule has 0 aliphatic carbocycles. The van der Waals surface area contributed by atoms with E-state index >= 15 is 0 Å². The molecule has 2 aromatic heterocycles. The van der Waals surface area contributed by atoms with Gasteiger partial charge in [0.2, 0.25) is 0 Å². The maximum Gasteiger partial charge on any atom is 0.372 e. The van der Waals surface area contributed by atoms with Crippen LogP contribution in [0.15, 0.2) is 45.8 Å². The van der Waals surface area contributed by atoms with Crippen molar-refractivity contribution in [2.75, 3.05) is 6.61 Å². The Balaban J connectivity index is 2.16. The summed E-state index contributed by atoms with van der Waals surface area (Å²) in [7, 11) is 0. The number of esters is 1. The van der Waals surface area contributed by atoms with E-state index in [1.54, 1.807) is 25.1 Å². The molecule has 0 spiro atoms. The monoisotopic (exact) mass is 312 g/mol. The Labute approximate surface area is 130 Å². The number of benzene rings is 1. The van der Waals surface area contributed by atoms with Gasteiger partial charge in [0.1, 0.15) is 0 Å². The first-order chi connectivity index (χ1) is 11.1. The number of carbonyl (C=O) groups excluding carboxylic acids is 2. The van der Waals surface area contributed by atoms with E-state index in [2.05, 4.69) is 4.98 Å². The summed E-state index contributed by atoms with van der Waals surface area (Å²) in [5, 5.41) is 0.776. The third-order valence-electron chi connectivity index (χ3n) is 3.21. The summed E-state index contributed by atoms with van der Waals surface area (Å²) in [5.41, 5.74) is -0.242. The minimum Gasteiger partial charge on any atom is -0.462 e. The number of pyridine rings is 1. The average Bonchev–Trinajstić information content (AvgIpc) is 2.95. The van der Waals surface area contributed by atoms with Crippen LogP contribution in [0.2, 0.25) is 0 Å². The molecule has 0 N–H and O–H groups in total. The van der Waals surface area contributed by atoms with Gasteiger partial charge in [0, 0.05) is 5.39 Å². The number of hydrogen-bond acceptors (Lipinski definition) is 6. The highest BCUT2D eigenvalue weighted by atomic mass is 16.5. The lowest BCUT2D eigenvalue weighted by molar-refractivity contribution is 0.0523. The van der Waals surface area contributed by atoms with Crippen molar-refractivity contribution in [2.24, 2.45) is 0 Å². The van der Waals surface area contributed by atoms with E-state index in [0.717, 1.165) is 10.1 Å². The second kappa shape index (κ2) is 5.88. The molecular formula is C16H12N2O5. The molecule has 7 heteroatoms. The van der Waals surface area contributed by atoms with E-state index in [1.807, 2.05) is 12.1 Å². The van der Waals surface area contributed by atoms with E-state index < -0.39 is 11.6 Å². The van der Waals surface area contributed by atoms with Gasteiger partial charge >= 0.3 is 11.6 Å². The summed E-state index contributed by atoms with van der Waals surface area (Å²) in [6.07, 6.45) is 1.78.